The minimum absolute atomic E-state index is 0.120. The van der Waals surface area contributed by atoms with E-state index in [2.05, 4.69) is 10.1 Å². The van der Waals surface area contributed by atoms with Crippen LogP contribution >= 0.6 is 11.8 Å². The van der Waals surface area contributed by atoms with Crippen LogP contribution in [0.15, 0.2) is 9.95 Å². The van der Waals surface area contributed by atoms with E-state index >= 15 is 0 Å². The third kappa shape index (κ3) is 0.953. The lowest BCUT2D eigenvalue weighted by Crippen LogP contribution is -2.21. The number of carbonyl (C=O) groups is 1. The summed E-state index contributed by atoms with van der Waals surface area (Å²) in [7, 11) is 0. The van der Waals surface area contributed by atoms with Gasteiger partial charge in [0.1, 0.15) is 5.69 Å². The standard InChI is InChI=1S/C6H5N3O2S/c1-3-5(11)7-6-9(8-3)4(10)2-12-6/h2H2,1H3. The first-order valence-corrected chi connectivity index (χ1v) is 4.31. The smallest absolute Gasteiger partial charge is 0.271 e. The Morgan fingerprint density at radius 2 is 2.25 bits per heavy atom. The van der Waals surface area contributed by atoms with Gasteiger partial charge in [0, 0.05) is 0 Å². The molecule has 0 unspecified atom stereocenters. The molecule has 2 rings (SSSR count). The van der Waals surface area contributed by atoms with Crippen LogP contribution in [-0.2, 0) is 0 Å². The average Bonchev–Trinajstić information content (AvgIpc) is 2.35. The van der Waals surface area contributed by atoms with Gasteiger partial charge in [-0.25, -0.2) is 0 Å². The number of fused-ring (bicyclic) bond motifs is 1. The van der Waals surface area contributed by atoms with Crippen molar-refractivity contribution >= 4 is 17.7 Å². The first-order valence-electron chi connectivity index (χ1n) is 3.32. The van der Waals surface area contributed by atoms with Crippen molar-refractivity contribution in [3.8, 4) is 0 Å². The molecule has 0 amide bonds. The summed E-state index contributed by atoms with van der Waals surface area (Å²) in [5.74, 6) is 0.203. The van der Waals surface area contributed by atoms with E-state index in [1.807, 2.05) is 0 Å². The van der Waals surface area contributed by atoms with Gasteiger partial charge in [-0.05, 0) is 6.92 Å². The summed E-state index contributed by atoms with van der Waals surface area (Å²) < 4.78 is 1.18. The second-order valence-electron chi connectivity index (χ2n) is 2.38. The van der Waals surface area contributed by atoms with Crippen LogP contribution in [0, 0.1) is 6.92 Å². The van der Waals surface area contributed by atoms with E-state index in [9.17, 15) is 9.59 Å². The van der Waals surface area contributed by atoms with Crippen molar-refractivity contribution in [3.63, 3.8) is 0 Å². The van der Waals surface area contributed by atoms with Crippen LogP contribution in [0.25, 0.3) is 0 Å². The van der Waals surface area contributed by atoms with Crippen LogP contribution in [-0.4, -0.2) is 26.4 Å². The van der Waals surface area contributed by atoms with Crippen LogP contribution in [0.5, 0.6) is 0 Å². The van der Waals surface area contributed by atoms with Crippen LogP contribution in [0.1, 0.15) is 10.5 Å². The molecule has 0 radical (unpaired) electrons. The molecule has 5 nitrogen and oxygen atoms in total. The quantitative estimate of drug-likeness (QED) is 0.552. The zero-order chi connectivity index (χ0) is 8.72. The van der Waals surface area contributed by atoms with E-state index in [0.29, 0.717) is 10.9 Å². The molecule has 1 aromatic heterocycles. The molecular formula is C6H5N3O2S. The highest BCUT2D eigenvalue weighted by molar-refractivity contribution is 8.00. The number of hydrogen-bond acceptors (Lipinski definition) is 5. The maximum atomic E-state index is 11.1. The molecule has 2 heterocycles. The van der Waals surface area contributed by atoms with Crippen LogP contribution in [0.4, 0.5) is 0 Å². The van der Waals surface area contributed by atoms with Gasteiger partial charge in [-0.1, -0.05) is 11.8 Å². The third-order valence-corrected chi connectivity index (χ3v) is 2.41. The third-order valence-electron chi connectivity index (χ3n) is 1.50. The molecule has 0 aromatic carbocycles. The normalized spacial score (nSPS) is 14.9. The monoisotopic (exact) mass is 183 g/mol. The maximum absolute atomic E-state index is 11.1. The number of nitrogens with zero attached hydrogens (tertiary/aromatic N) is 3. The molecule has 0 aliphatic carbocycles. The summed E-state index contributed by atoms with van der Waals surface area (Å²) in [5, 5.41) is 4.20. The van der Waals surface area contributed by atoms with Gasteiger partial charge in [-0.15, -0.1) is 0 Å². The molecule has 0 fully saturated rings. The Kier molecular flexibility index (Phi) is 1.50. The largest absolute Gasteiger partial charge is 0.295 e. The van der Waals surface area contributed by atoms with Gasteiger partial charge < -0.3 is 0 Å². The van der Waals surface area contributed by atoms with Crippen LogP contribution in [0.3, 0.4) is 0 Å². The van der Waals surface area contributed by atoms with E-state index < -0.39 is 0 Å². The predicted octanol–water partition coefficient (Wildman–Crippen LogP) is -0.307. The van der Waals surface area contributed by atoms with Crippen molar-refractivity contribution in [1.29, 1.82) is 0 Å². The molecular weight excluding hydrogens is 178 g/mol. The van der Waals surface area contributed by atoms with Gasteiger partial charge in [-0.3, -0.25) is 9.59 Å². The Morgan fingerprint density at radius 1 is 1.50 bits per heavy atom. The first kappa shape index (κ1) is 7.48. The Morgan fingerprint density at radius 3 is 3.00 bits per heavy atom. The Hall–Kier alpha value is -1.17. The topological polar surface area (TPSA) is 64.8 Å². The molecule has 1 aliphatic heterocycles. The number of thioether (sulfide) groups is 1. The minimum Gasteiger partial charge on any atom is -0.271 e. The molecule has 0 atom stereocenters. The van der Waals surface area contributed by atoms with Crippen molar-refractivity contribution in [2.45, 2.75) is 12.1 Å². The highest BCUT2D eigenvalue weighted by Gasteiger charge is 2.21. The van der Waals surface area contributed by atoms with E-state index in [1.165, 1.54) is 16.4 Å². The number of carbonyl (C=O) groups excluding carboxylic acids is 1. The lowest BCUT2D eigenvalue weighted by atomic mass is 10.5. The van der Waals surface area contributed by atoms with Gasteiger partial charge in [0.05, 0.1) is 5.75 Å². The zero-order valence-electron chi connectivity index (χ0n) is 6.27. The number of aromatic nitrogens is 3. The molecule has 0 saturated heterocycles. The molecule has 0 bridgehead atoms. The molecule has 0 N–H and O–H groups in total. The van der Waals surface area contributed by atoms with Gasteiger partial charge in [0.15, 0.2) is 5.16 Å². The summed E-state index contributed by atoms with van der Waals surface area (Å²) in [4.78, 5) is 25.7. The van der Waals surface area contributed by atoms with Crippen molar-refractivity contribution in [2.24, 2.45) is 0 Å². The summed E-state index contributed by atoms with van der Waals surface area (Å²) in [6, 6.07) is 0. The second-order valence-corrected chi connectivity index (χ2v) is 3.32. The van der Waals surface area contributed by atoms with Crippen LogP contribution in [0.2, 0.25) is 0 Å². The molecule has 1 aromatic rings. The van der Waals surface area contributed by atoms with Gasteiger partial charge in [0.25, 0.3) is 11.5 Å². The lowest BCUT2D eigenvalue weighted by molar-refractivity contribution is 0.0917. The molecule has 6 heteroatoms. The Balaban J connectivity index is 2.72. The first-order chi connectivity index (χ1) is 5.68. The fourth-order valence-electron chi connectivity index (χ4n) is 0.894. The summed E-state index contributed by atoms with van der Waals surface area (Å²) in [6.07, 6.45) is 0. The zero-order valence-corrected chi connectivity index (χ0v) is 7.09. The van der Waals surface area contributed by atoms with Crippen molar-refractivity contribution in [2.75, 3.05) is 5.75 Å². The highest BCUT2D eigenvalue weighted by atomic mass is 32.2. The van der Waals surface area contributed by atoms with Crippen molar-refractivity contribution in [1.82, 2.24) is 14.8 Å². The lowest BCUT2D eigenvalue weighted by Gasteiger charge is -1.97. The predicted molar refractivity (Wildman–Crippen MR) is 42.4 cm³/mol. The molecule has 0 saturated carbocycles. The van der Waals surface area contributed by atoms with E-state index in [1.54, 1.807) is 6.92 Å². The number of aryl methyl sites for hydroxylation is 1. The van der Waals surface area contributed by atoms with Gasteiger partial charge >= 0.3 is 0 Å². The maximum Gasteiger partial charge on any atom is 0.295 e. The summed E-state index contributed by atoms with van der Waals surface area (Å²) in [6.45, 7) is 1.54. The van der Waals surface area contributed by atoms with E-state index in [-0.39, 0.29) is 17.2 Å². The highest BCUT2D eigenvalue weighted by Crippen LogP contribution is 2.19. The van der Waals surface area contributed by atoms with Crippen molar-refractivity contribution < 1.29 is 4.79 Å². The fraction of sp³-hybridized carbons (Fsp3) is 0.333. The molecule has 0 spiro atoms. The number of hydrogen-bond donors (Lipinski definition) is 0. The SMILES string of the molecule is Cc1nn2c(nc1=O)SCC2=O. The molecule has 62 valence electrons. The second kappa shape index (κ2) is 2.41. The average molecular weight is 183 g/mol. The fourth-order valence-corrected chi connectivity index (χ4v) is 1.68. The van der Waals surface area contributed by atoms with Gasteiger partial charge in [0.2, 0.25) is 0 Å². The van der Waals surface area contributed by atoms with E-state index in [0.717, 1.165) is 0 Å². The number of rotatable bonds is 0. The van der Waals surface area contributed by atoms with E-state index in [4.69, 9.17) is 0 Å². The Bertz CT molecular complexity index is 412. The van der Waals surface area contributed by atoms with Gasteiger partial charge in [-0.2, -0.15) is 14.8 Å². The Labute approximate surface area is 71.8 Å². The summed E-state index contributed by atoms with van der Waals surface area (Å²) in [5.41, 5.74) is -0.0990. The summed E-state index contributed by atoms with van der Waals surface area (Å²) >= 11 is 1.24. The minimum atomic E-state index is -0.358. The van der Waals surface area contributed by atoms with Crippen LogP contribution < -0.4 is 5.56 Å². The molecule has 1 aliphatic rings. The molecule has 12 heavy (non-hydrogen) atoms. The van der Waals surface area contributed by atoms with Crippen molar-refractivity contribution in [3.05, 3.63) is 16.0 Å².